The smallest absolute Gasteiger partial charge is 0.191 e. The minimum absolute atomic E-state index is 0. The summed E-state index contributed by atoms with van der Waals surface area (Å²) in [4.78, 5) is 6.75. The summed E-state index contributed by atoms with van der Waals surface area (Å²) >= 11 is 0. The van der Waals surface area contributed by atoms with E-state index in [9.17, 15) is 0 Å². The number of para-hydroxylation sites is 1. The minimum Gasteiger partial charge on any atom is -0.489 e. The predicted octanol–water partition coefficient (Wildman–Crippen LogP) is 3.57. The minimum atomic E-state index is 0. The second kappa shape index (κ2) is 14.1. The number of halogens is 1. The molecule has 0 bridgehead atoms. The number of rotatable bonds is 9. The van der Waals surface area contributed by atoms with E-state index in [-0.39, 0.29) is 24.0 Å². The molecule has 0 spiro atoms. The third-order valence-corrected chi connectivity index (χ3v) is 4.99. The lowest BCUT2D eigenvalue weighted by Gasteiger charge is -2.26. The number of hydrogen-bond donors (Lipinski definition) is 2. The van der Waals surface area contributed by atoms with Crippen LogP contribution in [0.3, 0.4) is 0 Å². The number of benzene rings is 2. The summed E-state index contributed by atoms with van der Waals surface area (Å²) in [5.74, 6) is 1.61. The molecule has 0 amide bonds. The Morgan fingerprint density at radius 3 is 2.45 bits per heavy atom. The van der Waals surface area contributed by atoms with Crippen molar-refractivity contribution in [2.24, 2.45) is 4.99 Å². The van der Waals surface area contributed by atoms with Crippen LogP contribution < -0.4 is 15.4 Å². The van der Waals surface area contributed by atoms with Crippen molar-refractivity contribution in [2.45, 2.75) is 19.6 Å². The Morgan fingerprint density at radius 2 is 1.74 bits per heavy atom. The quantitative estimate of drug-likeness (QED) is 0.222. The van der Waals surface area contributed by atoms with Gasteiger partial charge in [-0.25, -0.2) is 0 Å². The summed E-state index contributed by atoms with van der Waals surface area (Å²) in [5.41, 5.74) is 3.63. The maximum atomic E-state index is 5.72. The van der Waals surface area contributed by atoms with Crippen LogP contribution in [0.1, 0.15) is 16.7 Å². The summed E-state index contributed by atoms with van der Waals surface area (Å²) < 4.78 is 11.1. The maximum Gasteiger partial charge on any atom is 0.191 e. The van der Waals surface area contributed by atoms with E-state index in [1.165, 1.54) is 11.1 Å². The second-order valence-corrected chi connectivity index (χ2v) is 7.19. The number of ether oxygens (including phenoxy) is 2. The van der Waals surface area contributed by atoms with Crippen molar-refractivity contribution in [1.29, 1.82) is 0 Å². The van der Waals surface area contributed by atoms with Crippen LogP contribution in [-0.2, 0) is 24.4 Å². The van der Waals surface area contributed by atoms with Crippen LogP contribution in [0.4, 0.5) is 0 Å². The number of nitrogens with one attached hydrogen (secondary N) is 2. The van der Waals surface area contributed by atoms with Crippen molar-refractivity contribution in [1.82, 2.24) is 15.5 Å². The van der Waals surface area contributed by atoms with Gasteiger partial charge in [0.25, 0.3) is 0 Å². The van der Waals surface area contributed by atoms with E-state index in [4.69, 9.17) is 9.47 Å². The fourth-order valence-electron chi connectivity index (χ4n) is 3.30. The van der Waals surface area contributed by atoms with Gasteiger partial charge in [-0.15, -0.1) is 24.0 Å². The molecule has 1 aliphatic heterocycles. The molecule has 0 aliphatic carbocycles. The van der Waals surface area contributed by atoms with E-state index < -0.39 is 0 Å². The van der Waals surface area contributed by atoms with Crippen molar-refractivity contribution in [2.75, 3.05) is 40.0 Å². The lowest BCUT2D eigenvalue weighted by Crippen LogP contribution is -2.36. The Bertz CT molecular complexity index is 821. The van der Waals surface area contributed by atoms with Gasteiger partial charge < -0.3 is 20.1 Å². The number of aliphatic imine (C=N–C) groups is 1. The molecule has 1 heterocycles. The van der Waals surface area contributed by atoms with Crippen molar-refractivity contribution < 1.29 is 9.47 Å². The van der Waals surface area contributed by atoms with Gasteiger partial charge in [-0.1, -0.05) is 55.1 Å². The second-order valence-electron chi connectivity index (χ2n) is 7.19. The number of hydrogen-bond acceptors (Lipinski definition) is 4. The average Bonchev–Trinajstić information content (AvgIpc) is 2.80. The van der Waals surface area contributed by atoms with Crippen molar-refractivity contribution >= 4 is 29.9 Å². The molecule has 0 aromatic heterocycles. The molecule has 7 heteroatoms. The summed E-state index contributed by atoms with van der Waals surface area (Å²) in [5, 5.41) is 6.73. The van der Waals surface area contributed by atoms with Crippen LogP contribution in [0, 0.1) is 0 Å². The Kier molecular flexibility index (Phi) is 11.4. The molecule has 31 heavy (non-hydrogen) atoms. The highest BCUT2D eigenvalue weighted by molar-refractivity contribution is 14.0. The highest BCUT2D eigenvalue weighted by atomic mass is 127. The highest BCUT2D eigenvalue weighted by Gasteiger charge is 2.10. The molecular formula is C24H33IN4O2. The first kappa shape index (κ1) is 25.2. The van der Waals surface area contributed by atoms with E-state index in [2.05, 4.69) is 51.4 Å². The molecule has 168 valence electrons. The Hall–Kier alpha value is -2.10. The fourth-order valence-corrected chi connectivity index (χ4v) is 3.30. The topological polar surface area (TPSA) is 58.1 Å². The summed E-state index contributed by atoms with van der Waals surface area (Å²) in [7, 11) is 1.78. The lowest BCUT2D eigenvalue weighted by atomic mass is 10.1. The Labute approximate surface area is 202 Å². The van der Waals surface area contributed by atoms with Gasteiger partial charge in [-0.2, -0.15) is 0 Å². The van der Waals surface area contributed by atoms with Crippen LogP contribution in [0.25, 0.3) is 0 Å². The van der Waals surface area contributed by atoms with Crippen molar-refractivity contribution in [3.8, 4) is 5.75 Å². The van der Waals surface area contributed by atoms with Crippen molar-refractivity contribution in [3.05, 3.63) is 77.9 Å². The Morgan fingerprint density at radius 1 is 1.06 bits per heavy atom. The van der Waals surface area contributed by atoms with Crippen LogP contribution in [-0.4, -0.2) is 50.8 Å². The molecule has 0 saturated carbocycles. The number of morpholine rings is 1. The standard InChI is InChI=1S/C24H32N4O2.HI/c1-3-14-30-23-7-5-4-6-22(23)18-27-24(25-2)26-17-20-8-10-21(11-9-20)19-28-12-15-29-16-13-28;/h3-11H,1,12-19H2,2H3,(H2,25,26,27);1H. The predicted molar refractivity (Wildman–Crippen MR) is 137 cm³/mol. The molecule has 1 aliphatic rings. The monoisotopic (exact) mass is 536 g/mol. The molecule has 3 rings (SSSR count). The molecule has 0 radical (unpaired) electrons. The van der Waals surface area contributed by atoms with Crippen molar-refractivity contribution in [3.63, 3.8) is 0 Å². The molecule has 1 fully saturated rings. The van der Waals surface area contributed by atoms with Gasteiger partial charge in [0.2, 0.25) is 0 Å². The van der Waals surface area contributed by atoms with E-state index in [0.29, 0.717) is 19.7 Å². The lowest BCUT2D eigenvalue weighted by molar-refractivity contribution is 0.0342. The van der Waals surface area contributed by atoms with E-state index >= 15 is 0 Å². The van der Waals surface area contributed by atoms with Gasteiger partial charge in [0.05, 0.1) is 13.2 Å². The Balaban J connectivity index is 0.00000341. The van der Waals surface area contributed by atoms with Crippen LogP contribution >= 0.6 is 24.0 Å². The highest BCUT2D eigenvalue weighted by Crippen LogP contribution is 2.17. The van der Waals surface area contributed by atoms with E-state index in [1.807, 2.05) is 24.3 Å². The summed E-state index contributed by atoms with van der Waals surface area (Å²) in [6, 6.07) is 16.7. The molecular weight excluding hydrogens is 503 g/mol. The number of nitrogens with zero attached hydrogens (tertiary/aromatic N) is 2. The molecule has 0 atom stereocenters. The van der Waals surface area contributed by atoms with Crippen LogP contribution in [0.15, 0.2) is 66.2 Å². The van der Waals surface area contributed by atoms with Gasteiger partial charge in [-0.3, -0.25) is 9.89 Å². The third kappa shape index (κ3) is 8.51. The van der Waals surface area contributed by atoms with Crippen LogP contribution in [0.2, 0.25) is 0 Å². The first-order chi connectivity index (χ1) is 14.8. The zero-order chi connectivity index (χ0) is 21.0. The average molecular weight is 536 g/mol. The summed E-state index contributed by atoms with van der Waals surface area (Å²) in [6.07, 6.45) is 1.75. The van der Waals surface area contributed by atoms with Gasteiger partial charge in [0.15, 0.2) is 5.96 Å². The molecule has 2 aromatic carbocycles. The largest absolute Gasteiger partial charge is 0.489 e. The van der Waals surface area contributed by atoms with E-state index in [1.54, 1.807) is 13.1 Å². The van der Waals surface area contributed by atoms with E-state index in [0.717, 1.165) is 50.1 Å². The van der Waals surface area contributed by atoms with Gasteiger partial charge in [0, 0.05) is 45.3 Å². The molecule has 0 unspecified atom stereocenters. The molecule has 2 aromatic rings. The van der Waals surface area contributed by atoms with Gasteiger partial charge in [-0.05, 0) is 17.2 Å². The SMILES string of the molecule is C=CCOc1ccccc1CNC(=NC)NCc1ccc(CN2CCOCC2)cc1.I. The van der Waals surface area contributed by atoms with Gasteiger partial charge >= 0.3 is 0 Å². The number of guanidine groups is 1. The molecule has 1 saturated heterocycles. The third-order valence-electron chi connectivity index (χ3n) is 4.99. The normalized spacial score (nSPS) is 14.4. The summed E-state index contributed by atoms with van der Waals surface area (Å²) in [6.45, 7) is 10.2. The maximum absolute atomic E-state index is 5.72. The van der Waals surface area contributed by atoms with Gasteiger partial charge in [0.1, 0.15) is 12.4 Å². The zero-order valence-corrected chi connectivity index (χ0v) is 20.5. The van der Waals surface area contributed by atoms with Crippen LogP contribution in [0.5, 0.6) is 5.75 Å². The first-order valence-electron chi connectivity index (χ1n) is 10.4. The fraction of sp³-hybridized carbons (Fsp3) is 0.375. The molecule has 2 N–H and O–H groups in total. The first-order valence-corrected chi connectivity index (χ1v) is 10.4. The molecule has 6 nitrogen and oxygen atoms in total. The zero-order valence-electron chi connectivity index (χ0n) is 18.2.